The summed E-state index contributed by atoms with van der Waals surface area (Å²) in [7, 11) is 0. The van der Waals surface area contributed by atoms with Gasteiger partial charge in [-0.15, -0.1) is 0 Å². The van der Waals surface area contributed by atoms with Gasteiger partial charge in [-0.05, 0) is 49.2 Å². The maximum Gasteiger partial charge on any atom is 0.260 e. The number of anilines is 1. The molecule has 4 nitrogen and oxygen atoms in total. The number of hydrogen-bond acceptors (Lipinski definition) is 3. The molecule has 2 aromatic carbocycles. The molecule has 0 unspecified atom stereocenters. The Labute approximate surface area is 143 Å². The van der Waals surface area contributed by atoms with E-state index in [1.165, 1.54) is 5.69 Å². The second kappa shape index (κ2) is 7.39. The van der Waals surface area contributed by atoms with Crippen LogP contribution >= 0.6 is 0 Å². The first-order chi connectivity index (χ1) is 11.6. The van der Waals surface area contributed by atoms with E-state index < -0.39 is 0 Å². The molecule has 1 fully saturated rings. The number of piperazine rings is 1. The fourth-order valence-electron chi connectivity index (χ4n) is 3.11. The van der Waals surface area contributed by atoms with Crippen molar-refractivity contribution in [3.8, 4) is 5.75 Å². The maximum atomic E-state index is 12.4. The third-order valence-electron chi connectivity index (χ3n) is 4.31. The van der Waals surface area contributed by atoms with E-state index in [-0.39, 0.29) is 12.5 Å². The smallest absolute Gasteiger partial charge is 0.260 e. The van der Waals surface area contributed by atoms with E-state index in [9.17, 15) is 4.79 Å². The van der Waals surface area contributed by atoms with Crippen LogP contribution in [0.5, 0.6) is 5.75 Å². The lowest BCUT2D eigenvalue weighted by Gasteiger charge is -2.36. The van der Waals surface area contributed by atoms with Crippen molar-refractivity contribution in [3.63, 3.8) is 0 Å². The number of benzene rings is 2. The first-order valence-corrected chi connectivity index (χ1v) is 8.41. The van der Waals surface area contributed by atoms with Gasteiger partial charge in [0, 0.05) is 31.9 Å². The minimum absolute atomic E-state index is 0.0573. The van der Waals surface area contributed by atoms with Crippen molar-refractivity contribution in [1.82, 2.24) is 4.90 Å². The Morgan fingerprint density at radius 1 is 0.958 bits per heavy atom. The van der Waals surface area contributed by atoms with Gasteiger partial charge in [-0.25, -0.2) is 0 Å². The third kappa shape index (κ3) is 4.07. The summed E-state index contributed by atoms with van der Waals surface area (Å²) in [4.78, 5) is 16.6. The fraction of sp³-hybridized carbons (Fsp3) is 0.350. The SMILES string of the molecule is Cc1cc(C)cc(OCC(=O)N2CCN(c3ccccc3)CC2)c1. The van der Waals surface area contributed by atoms with E-state index in [0.29, 0.717) is 0 Å². The molecule has 0 saturated carbocycles. The normalized spacial score (nSPS) is 14.6. The summed E-state index contributed by atoms with van der Waals surface area (Å²) in [6.45, 7) is 7.37. The highest BCUT2D eigenvalue weighted by Gasteiger charge is 2.21. The van der Waals surface area contributed by atoms with Gasteiger partial charge >= 0.3 is 0 Å². The summed E-state index contributed by atoms with van der Waals surface area (Å²) in [6, 6.07) is 16.4. The quantitative estimate of drug-likeness (QED) is 0.867. The van der Waals surface area contributed by atoms with Gasteiger partial charge in [0.15, 0.2) is 6.61 Å². The molecule has 1 aliphatic rings. The molecule has 0 radical (unpaired) electrons. The number of rotatable bonds is 4. The number of para-hydroxylation sites is 1. The summed E-state index contributed by atoms with van der Waals surface area (Å²) in [5, 5.41) is 0. The Morgan fingerprint density at radius 3 is 2.21 bits per heavy atom. The first kappa shape index (κ1) is 16.4. The Hall–Kier alpha value is -2.49. The van der Waals surface area contributed by atoms with Crippen LogP contribution in [-0.4, -0.2) is 43.6 Å². The average molecular weight is 324 g/mol. The third-order valence-corrected chi connectivity index (χ3v) is 4.31. The van der Waals surface area contributed by atoms with Gasteiger partial charge < -0.3 is 14.5 Å². The van der Waals surface area contributed by atoms with Gasteiger partial charge in [0.2, 0.25) is 0 Å². The Kier molecular flexibility index (Phi) is 5.04. The van der Waals surface area contributed by atoms with Gasteiger partial charge in [0.25, 0.3) is 5.91 Å². The summed E-state index contributed by atoms with van der Waals surface area (Å²) in [5.74, 6) is 0.825. The van der Waals surface area contributed by atoms with Crippen LogP contribution in [0.2, 0.25) is 0 Å². The standard InChI is InChI=1S/C20H24N2O2/c1-16-12-17(2)14-19(13-16)24-15-20(23)22-10-8-21(9-11-22)18-6-4-3-5-7-18/h3-7,12-14H,8-11,15H2,1-2H3. The molecule has 0 bridgehead atoms. The van der Waals surface area contributed by atoms with Crippen LogP contribution in [-0.2, 0) is 4.79 Å². The molecule has 1 heterocycles. The number of aryl methyl sites for hydroxylation is 2. The predicted molar refractivity (Wildman–Crippen MR) is 96.6 cm³/mol. The molecule has 24 heavy (non-hydrogen) atoms. The van der Waals surface area contributed by atoms with Crippen molar-refractivity contribution in [2.24, 2.45) is 0 Å². The summed E-state index contributed by atoms with van der Waals surface area (Å²) in [5.41, 5.74) is 3.51. The summed E-state index contributed by atoms with van der Waals surface area (Å²) < 4.78 is 5.69. The lowest BCUT2D eigenvalue weighted by atomic mass is 10.1. The van der Waals surface area contributed by atoms with E-state index in [1.807, 2.05) is 49.1 Å². The maximum absolute atomic E-state index is 12.4. The zero-order valence-electron chi connectivity index (χ0n) is 14.4. The molecule has 1 amide bonds. The lowest BCUT2D eigenvalue weighted by molar-refractivity contribution is -0.133. The highest BCUT2D eigenvalue weighted by atomic mass is 16.5. The van der Waals surface area contributed by atoms with Crippen LogP contribution < -0.4 is 9.64 Å². The molecule has 0 spiro atoms. The average Bonchev–Trinajstić information content (AvgIpc) is 2.60. The molecule has 4 heteroatoms. The van der Waals surface area contributed by atoms with Gasteiger partial charge in [0.1, 0.15) is 5.75 Å². The topological polar surface area (TPSA) is 32.8 Å². The van der Waals surface area contributed by atoms with Crippen LogP contribution in [0, 0.1) is 13.8 Å². The summed E-state index contributed by atoms with van der Waals surface area (Å²) in [6.07, 6.45) is 0. The van der Waals surface area contributed by atoms with Crippen LogP contribution in [0.3, 0.4) is 0 Å². The lowest BCUT2D eigenvalue weighted by Crippen LogP contribution is -2.50. The first-order valence-electron chi connectivity index (χ1n) is 8.41. The number of carbonyl (C=O) groups excluding carboxylic acids is 1. The monoisotopic (exact) mass is 324 g/mol. The van der Waals surface area contributed by atoms with Gasteiger partial charge in [-0.2, -0.15) is 0 Å². The number of nitrogens with zero attached hydrogens (tertiary/aromatic N) is 2. The van der Waals surface area contributed by atoms with Gasteiger partial charge in [-0.1, -0.05) is 24.3 Å². The molecule has 0 aliphatic carbocycles. The number of amides is 1. The van der Waals surface area contributed by atoms with Crippen LogP contribution in [0.4, 0.5) is 5.69 Å². The number of carbonyl (C=O) groups is 1. The van der Waals surface area contributed by atoms with Crippen molar-refractivity contribution < 1.29 is 9.53 Å². The van der Waals surface area contributed by atoms with E-state index in [1.54, 1.807) is 0 Å². The van der Waals surface area contributed by atoms with Crippen molar-refractivity contribution in [2.45, 2.75) is 13.8 Å². The van der Waals surface area contributed by atoms with E-state index in [2.05, 4.69) is 23.1 Å². The second-order valence-electron chi connectivity index (χ2n) is 6.32. The largest absolute Gasteiger partial charge is 0.484 e. The number of ether oxygens (including phenoxy) is 1. The van der Waals surface area contributed by atoms with Gasteiger partial charge in [-0.3, -0.25) is 4.79 Å². The van der Waals surface area contributed by atoms with Crippen LogP contribution in [0.15, 0.2) is 48.5 Å². The minimum Gasteiger partial charge on any atom is -0.484 e. The van der Waals surface area contributed by atoms with Crippen LogP contribution in [0.25, 0.3) is 0 Å². The highest BCUT2D eigenvalue weighted by molar-refractivity contribution is 5.78. The van der Waals surface area contributed by atoms with E-state index >= 15 is 0 Å². The minimum atomic E-state index is 0.0573. The molecule has 3 rings (SSSR count). The molecule has 0 atom stereocenters. The Balaban J connectivity index is 1.50. The zero-order valence-corrected chi connectivity index (χ0v) is 14.4. The Morgan fingerprint density at radius 2 is 1.58 bits per heavy atom. The Bertz CT molecular complexity index is 672. The molecular formula is C20H24N2O2. The van der Waals surface area contributed by atoms with Crippen LogP contribution in [0.1, 0.15) is 11.1 Å². The van der Waals surface area contributed by atoms with Crippen molar-refractivity contribution in [3.05, 3.63) is 59.7 Å². The highest BCUT2D eigenvalue weighted by Crippen LogP contribution is 2.17. The fourth-order valence-corrected chi connectivity index (χ4v) is 3.11. The summed E-state index contributed by atoms with van der Waals surface area (Å²) >= 11 is 0. The molecular weight excluding hydrogens is 300 g/mol. The molecule has 0 aromatic heterocycles. The molecule has 126 valence electrons. The molecule has 2 aromatic rings. The predicted octanol–water partition coefficient (Wildman–Crippen LogP) is 3.03. The van der Waals surface area contributed by atoms with Crippen molar-refractivity contribution in [2.75, 3.05) is 37.7 Å². The molecule has 1 aliphatic heterocycles. The number of hydrogen-bond donors (Lipinski definition) is 0. The molecule has 1 saturated heterocycles. The molecule has 0 N–H and O–H groups in total. The second-order valence-corrected chi connectivity index (χ2v) is 6.32. The van der Waals surface area contributed by atoms with Crippen molar-refractivity contribution in [1.29, 1.82) is 0 Å². The van der Waals surface area contributed by atoms with E-state index in [0.717, 1.165) is 43.1 Å². The van der Waals surface area contributed by atoms with Gasteiger partial charge in [0.05, 0.1) is 0 Å². The van der Waals surface area contributed by atoms with Crippen molar-refractivity contribution >= 4 is 11.6 Å². The van der Waals surface area contributed by atoms with E-state index in [4.69, 9.17) is 4.74 Å². The zero-order chi connectivity index (χ0) is 16.9.